The van der Waals surface area contributed by atoms with Crippen LogP contribution in [0.4, 0.5) is 4.39 Å². The molecule has 0 aliphatic heterocycles. The maximum Gasteiger partial charge on any atom is 0.181 e. The molecule has 0 aliphatic rings. The lowest BCUT2D eigenvalue weighted by Crippen LogP contribution is -1.95. The molecular formula is C12H12FNO. The average Bonchev–Trinajstić information content (AvgIpc) is 2.70. The molecule has 0 N–H and O–H groups in total. The number of rotatable bonds is 2. The van der Waals surface area contributed by atoms with Gasteiger partial charge in [0, 0.05) is 5.56 Å². The third-order valence-electron chi connectivity index (χ3n) is 2.36. The molecule has 2 rings (SSSR count). The van der Waals surface area contributed by atoms with Gasteiger partial charge >= 0.3 is 0 Å². The van der Waals surface area contributed by atoms with E-state index in [0.717, 1.165) is 0 Å². The number of hydrogen-bond donors (Lipinski definition) is 0. The van der Waals surface area contributed by atoms with Crippen LogP contribution in [0.15, 0.2) is 35.3 Å². The predicted molar refractivity (Wildman–Crippen MR) is 56.0 cm³/mol. The second-order valence-corrected chi connectivity index (χ2v) is 3.74. The normalized spacial score (nSPS) is 10.9. The molecule has 3 heteroatoms. The van der Waals surface area contributed by atoms with E-state index in [4.69, 9.17) is 4.42 Å². The molecule has 15 heavy (non-hydrogen) atoms. The molecule has 0 spiro atoms. The highest BCUT2D eigenvalue weighted by atomic mass is 19.1. The van der Waals surface area contributed by atoms with Crippen LogP contribution in [0.1, 0.15) is 25.3 Å². The summed E-state index contributed by atoms with van der Waals surface area (Å²) in [5, 5.41) is 0. The number of benzene rings is 1. The summed E-state index contributed by atoms with van der Waals surface area (Å²) in [5.74, 6) is -0.0433. The van der Waals surface area contributed by atoms with E-state index in [-0.39, 0.29) is 11.7 Å². The van der Waals surface area contributed by atoms with Gasteiger partial charge in [0.1, 0.15) is 17.8 Å². The van der Waals surface area contributed by atoms with Crippen molar-refractivity contribution in [3.63, 3.8) is 0 Å². The first-order chi connectivity index (χ1) is 7.20. The van der Waals surface area contributed by atoms with E-state index >= 15 is 0 Å². The lowest BCUT2D eigenvalue weighted by atomic mass is 9.99. The number of aromatic nitrogens is 1. The Morgan fingerprint density at radius 1 is 1.33 bits per heavy atom. The van der Waals surface area contributed by atoms with Crippen molar-refractivity contribution in [2.24, 2.45) is 0 Å². The first-order valence-electron chi connectivity index (χ1n) is 4.87. The van der Waals surface area contributed by atoms with Crippen molar-refractivity contribution in [2.45, 2.75) is 19.8 Å². The van der Waals surface area contributed by atoms with Crippen LogP contribution in [0.3, 0.4) is 0 Å². The third-order valence-corrected chi connectivity index (χ3v) is 2.36. The zero-order valence-corrected chi connectivity index (χ0v) is 8.70. The lowest BCUT2D eigenvalue weighted by Gasteiger charge is -2.09. The SMILES string of the molecule is CC(C)c1cccc(-c2cocn2)c1F. The minimum absolute atomic E-state index is 0.164. The molecule has 0 bridgehead atoms. The predicted octanol–water partition coefficient (Wildman–Crippen LogP) is 3.60. The van der Waals surface area contributed by atoms with E-state index in [1.54, 1.807) is 12.1 Å². The van der Waals surface area contributed by atoms with Crippen LogP contribution in [0.25, 0.3) is 11.3 Å². The number of hydrogen-bond acceptors (Lipinski definition) is 2. The molecular weight excluding hydrogens is 193 g/mol. The summed E-state index contributed by atoms with van der Waals surface area (Å²) < 4.78 is 18.9. The Morgan fingerprint density at radius 2 is 2.13 bits per heavy atom. The smallest absolute Gasteiger partial charge is 0.181 e. The van der Waals surface area contributed by atoms with Gasteiger partial charge in [0.05, 0.1) is 0 Å². The molecule has 0 atom stereocenters. The molecule has 1 aromatic carbocycles. The Morgan fingerprint density at radius 3 is 2.73 bits per heavy atom. The molecule has 1 heterocycles. The summed E-state index contributed by atoms with van der Waals surface area (Å²) in [7, 11) is 0. The fourth-order valence-electron chi connectivity index (χ4n) is 1.54. The first kappa shape index (κ1) is 9.90. The van der Waals surface area contributed by atoms with Crippen LogP contribution in [0, 0.1) is 5.82 Å². The summed E-state index contributed by atoms with van der Waals surface area (Å²) >= 11 is 0. The molecule has 0 aliphatic carbocycles. The Balaban J connectivity index is 2.54. The molecule has 78 valence electrons. The Labute approximate surface area is 87.8 Å². The van der Waals surface area contributed by atoms with Crippen LogP contribution in [-0.4, -0.2) is 4.98 Å². The van der Waals surface area contributed by atoms with Crippen LogP contribution >= 0.6 is 0 Å². The van der Waals surface area contributed by atoms with Gasteiger partial charge in [-0.15, -0.1) is 0 Å². The lowest BCUT2D eigenvalue weighted by molar-refractivity contribution is 0.557. The Bertz CT molecular complexity index is 449. The van der Waals surface area contributed by atoms with Crippen LogP contribution < -0.4 is 0 Å². The topological polar surface area (TPSA) is 26.0 Å². The van der Waals surface area contributed by atoms with E-state index < -0.39 is 0 Å². The first-order valence-corrected chi connectivity index (χ1v) is 4.87. The van der Waals surface area contributed by atoms with E-state index in [1.165, 1.54) is 12.7 Å². The second kappa shape index (κ2) is 3.85. The number of halogens is 1. The van der Waals surface area contributed by atoms with Gasteiger partial charge in [-0.05, 0) is 17.5 Å². The van der Waals surface area contributed by atoms with Gasteiger partial charge < -0.3 is 4.42 Å². The monoisotopic (exact) mass is 205 g/mol. The molecule has 0 unspecified atom stereocenters. The van der Waals surface area contributed by atoms with E-state index in [1.807, 2.05) is 19.9 Å². The van der Waals surface area contributed by atoms with Gasteiger partial charge in [0.25, 0.3) is 0 Å². The molecule has 0 amide bonds. The van der Waals surface area contributed by atoms with Gasteiger partial charge in [0.15, 0.2) is 6.39 Å². The second-order valence-electron chi connectivity index (χ2n) is 3.74. The van der Waals surface area contributed by atoms with Crippen molar-refractivity contribution in [3.05, 3.63) is 42.2 Å². The van der Waals surface area contributed by atoms with Gasteiger partial charge in [-0.1, -0.05) is 26.0 Å². The molecule has 2 nitrogen and oxygen atoms in total. The maximum absolute atomic E-state index is 14.0. The molecule has 1 aromatic heterocycles. The summed E-state index contributed by atoms with van der Waals surface area (Å²) in [4.78, 5) is 3.94. The van der Waals surface area contributed by atoms with Crippen LogP contribution in [0.5, 0.6) is 0 Å². The quantitative estimate of drug-likeness (QED) is 0.748. The van der Waals surface area contributed by atoms with E-state index in [9.17, 15) is 4.39 Å². The van der Waals surface area contributed by atoms with Crippen molar-refractivity contribution >= 4 is 0 Å². The van der Waals surface area contributed by atoms with Crippen molar-refractivity contribution in [2.75, 3.05) is 0 Å². The van der Waals surface area contributed by atoms with Gasteiger partial charge in [-0.2, -0.15) is 0 Å². The molecule has 0 saturated heterocycles. The minimum Gasteiger partial charge on any atom is -0.451 e. The summed E-state index contributed by atoms with van der Waals surface area (Å²) in [5.41, 5.74) is 1.74. The Kier molecular flexibility index (Phi) is 2.54. The van der Waals surface area contributed by atoms with E-state index in [0.29, 0.717) is 16.8 Å². The minimum atomic E-state index is -0.207. The zero-order valence-electron chi connectivity index (χ0n) is 8.70. The highest BCUT2D eigenvalue weighted by Crippen LogP contribution is 2.27. The standard InChI is InChI=1S/C12H12FNO/c1-8(2)9-4-3-5-10(12(9)13)11-6-15-7-14-11/h3-8H,1-2H3. The summed E-state index contributed by atoms with van der Waals surface area (Å²) in [6.45, 7) is 3.93. The summed E-state index contributed by atoms with van der Waals surface area (Å²) in [6.07, 6.45) is 2.75. The molecule has 0 radical (unpaired) electrons. The zero-order chi connectivity index (χ0) is 10.8. The fraction of sp³-hybridized carbons (Fsp3) is 0.250. The molecule has 2 aromatic rings. The Hall–Kier alpha value is -1.64. The van der Waals surface area contributed by atoms with E-state index in [2.05, 4.69) is 4.98 Å². The fourth-order valence-corrected chi connectivity index (χ4v) is 1.54. The van der Waals surface area contributed by atoms with Crippen LogP contribution in [0.2, 0.25) is 0 Å². The number of nitrogens with zero attached hydrogens (tertiary/aromatic N) is 1. The van der Waals surface area contributed by atoms with Gasteiger partial charge in [0.2, 0.25) is 0 Å². The maximum atomic E-state index is 14.0. The van der Waals surface area contributed by atoms with Gasteiger partial charge in [-0.25, -0.2) is 9.37 Å². The largest absolute Gasteiger partial charge is 0.451 e. The van der Waals surface area contributed by atoms with Gasteiger partial charge in [-0.3, -0.25) is 0 Å². The van der Waals surface area contributed by atoms with Crippen LogP contribution in [-0.2, 0) is 0 Å². The van der Waals surface area contributed by atoms with Crippen molar-refractivity contribution in [1.29, 1.82) is 0 Å². The summed E-state index contributed by atoms with van der Waals surface area (Å²) in [6, 6.07) is 5.34. The number of oxazole rings is 1. The van der Waals surface area contributed by atoms with Crippen molar-refractivity contribution in [1.82, 2.24) is 4.98 Å². The average molecular weight is 205 g/mol. The molecule has 0 saturated carbocycles. The highest BCUT2D eigenvalue weighted by Gasteiger charge is 2.13. The van der Waals surface area contributed by atoms with Crippen molar-refractivity contribution < 1.29 is 8.81 Å². The molecule has 0 fully saturated rings. The third kappa shape index (κ3) is 1.77. The van der Waals surface area contributed by atoms with Crippen molar-refractivity contribution in [3.8, 4) is 11.3 Å². The highest BCUT2D eigenvalue weighted by molar-refractivity contribution is 5.60.